The molecule has 0 radical (unpaired) electrons. The molecule has 1 unspecified atom stereocenters. The van der Waals surface area contributed by atoms with Gasteiger partial charge in [-0.1, -0.05) is 13.8 Å². The molecule has 0 spiro atoms. The summed E-state index contributed by atoms with van der Waals surface area (Å²) in [7, 11) is 0. The molecule has 5 heteroatoms. The lowest BCUT2D eigenvalue weighted by molar-refractivity contribution is 0.0527. The Labute approximate surface area is 131 Å². The van der Waals surface area contributed by atoms with E-state index in [-0.39, 0.29) is 12.0 Å². The second-order valence-electron chi connectivity index (χ2n) is 5.70. The average Bonchev–Trinajstić information content (AvgIpc) is 2.88. The van der Waals surface area contributed by atoms with Crippen molar-refractivity contribution in [3.8, 4) is 0 Å². The number of amides is 1. The summed E-state index contributed by atoms with van der Waals surface area (Å²) in [5.41, 5.74) is 1.29. The third-order valence-electron chi connectivity index (χ3n) is 4.21. The number of β-amino-alcohol motifs (C(OH)–C–C–N with tert-alkyl or cyclic N) is 1. The first kappa shape index (κ1) is 16.5. The van der Waals surface area contributed by atoms with Crippen LogP contribution in [0, 0.1) is 6.92 Å². The number of hydrogen-bond donors (Lipinski definition) is 1. The van der Waals surface area contributed by atoms with Crippen LogP contribution in [0.2, 0.25) is 0 Å². The van der Waals surface area contributed by atoms with E-state index in [2.05, 4.69) is 24.8 Å². The Kier molecular flexibility index (Phi) is 5.79. The van der Waals surface area contributed by atoms with Gasteiger partial charge in [0.15, 0.2) is 0 Å². The van der Waals surface area contributed by atoms with Gasteiger partial charge in [0.1, 0.15) is 0 Å². The van der Waals surface area contributed by atoms with Crippen LogP contribution in [0.25, 0.3) is 0 Å². The standard InChI is InChI=1S/C16H26N2O2S/c1-4-13-10-15(21-12(13)3)16(20)18-8-6-17(7-9-18)11-14(19)5-2/h10,14,19H,4-9,11H2,1-3H3. The van der Waals surface area contributed by atoms with E-state index < -0.39 is 0 Å². The average molecular weight is 310 g/mol. The number of hydrogen-bond acceptors (Lipinski definition) is 4. The van der Waals surface area contributed by atoms with Crippen molar-refractivity contribution in [2.75, 3.05) is 32.7 Å². The topological polar surface area (TPSA) is 43.8 Å². The maximum Gasteiger partial charge on any atom is 0.264 e. The van der Waals surface area contributed by atoms with Crippen LogP contribution in [0.4, 0.5) is 0 Å². The summed E-state index contributed by atoms with van der Waals surface area (Å²) in [6, 6.07) is 2.05. The van der Waals surface area contributed by atoms with Gasteiger partial charge in [0.2, 0.25) is 0 Å². The molecule has 1 aliphatic rings. The largest absolute Gasteiger partial charge is 0.392 e. The first-order valence-corrected chi connectivity index (χ1v) is 8.65. The second-order valence-corrected chi connectivity index (χ2v) is 6.96. The molecule has 2 rings (SSSR count). The van der Waals surface area contributed by atoms with E-state index in [1.165, 1.54) is 10.4 Å². The maximum absolute atomic E-state index is 12.5. The molecule has 1 aromatic heterocycles. The van der Waals surface area contributed by atoms with Crippen molar-refractivity contribution >= 4 is 17.2 Å². The molecule has 0 aliphatic carbocycles. The monoisotopic (exact) mass is 310 g/mol. The zero-order chi connectivity index (χ0) is 15.4. The number of carbonyl (C=O) groups excluding carboxylic acids is 1. The van der Waals surface area contributed by atoms with E-state index in [0.29, 0.717) is 0 Å². The van der Waals surface area contributed by atoms with Crippen molar-refractivity contribution < 1.29 is 9.90 Å². The van der Waals surface area contributed by atoms with Crippen LogP contribution in [0.3, 0.4) is 0 Å². The van der Waals surface area contributed by atoms with Gasteiger partial charge >= 0.3 is 0 Å². The molecule has 0 bridgehead atoms. The Morgan fingerprint density at radius 3 is 2.52 bits per heavy atom. The predicted octanol–water partition coefficient (Wildman–Crippen LogP) is 2.15. The maximum atomic E-state index is 12.5. The van der Waals surface area contributed by atoms with Crippen molar-refractivity contribution in [2.24, 2.45) is 0 Å². The zero-order valence-corrected chi connectivity index (χ0v) is 14.1. The SMILES string of the molecule is CCc1cc(C(=O)N2CCN(CC(O)CC)CC2)sc1C. The molecule has 0 aromatic carbocycles. The van der Waals surface area contributed by atoms with Crippen molar-refractivity contribution in [3.05, 3.63) is 21.4 Å². The summed E-state index contributed by atoms with van der Waals surface area (Å²) in [5, 5.41) is 9.70. The summed E-state index contributed by atoms with van der Waals surface area (Å²) < 4.78 is 0. The van der Waals surface area contributed by atoms with Crippen molar-refractivity contribution in [1.82, 2.24) is 9.80 Å². The highest BCUT2D eigenvalue weighted by atomic mass is 32.1. The summed E-state index contributed by atoms with van der Waals surface area (Å²) in [6.45, 7) is 10.2. The van der Waals surface area contributed by atoms with Crippen LogP contribution >= 0.6 is 11.3 Å². The van der Waals surface area contributed by atoms with Gasteiger partial charge in [-0.05, 0) is 31.4 Å². The Morgan fingerprint density at radius 2 is 2.00 bits per heavy atom. The third kappa shape index (κ3) is 4.05. The zero-order valence-electron chi connectivity index (χ0n) is 13.3. The Bertz CT molecular complexity index is 479. The first-order chi connectivity index (χ1) is 10.0. The number of aliphatic hydroxyl groups excluding tert-OH is 1. The van der Waals surface area contributed by atoms with Crippen molar-refractivity contribution in [1.29, 1.82) is 0 Å². The minimum atomic E-state index is -0.251. The first-order valence-electron chi connectivity index (χ1n) is 7.84. The van der Waals surface area contributed by atoms with Crippen LogP contribution in [-0.2, 0) is 6.42 Å². The van der Waals surface area contributed by atoms with Gasteiger partial charge in [0, 0.05) is 37.6 Å². The molecule has 1 aromatic rings. The highest BCUT2D eigenvalue weighted by molar-refractivity contribution is 7.14. The normalized spacial score (nSPS) is 18.0. The van der Waals surface area contributed by atoms with E-state index >= 15 is 0 Å². The summed E-state index contributed by atoms with van der Waals surface area (Å²) in [5.74, 6) is 0.165. The Balaban J connectivity index is 1.90. The van der Waals surface area contributed by atoms with E-state index in [1.54, 1.807) is 11.3 Å². The second kappa shape index (κ2) is 7.38. The fourth-order valence-electron chi connectivity index (χ4n) is 2.69. The minimum Gasteiger partial charge on any atom is -0.392 e. The van der Waals surface area contributed by atoms with E-state index in [4.69, 9.17) is 0 Å². The van der Waals surface area contributed by atoms with Crippen LogP contribution in [0.5, 0.6) is 0 Å². The molecular weight excluding hydrogens is 284 g/mol. The van der Waals surface area contributed by atoms with Crippen LogP contribution in [-0.4, -0.2) is 59.6 Å². The Morgan fingerprint density at radius 1 is 1.33 bits per heavy atom. The van der Waals surface area contributed by atoms with E-state index in [1.807, 2.05) is 11.8 Å². The van der Waals surface area contributed by atoms with Gasteiger partial charge in [-0.2, -0.15) is 0 Å². The molecule has 4 nitrogen and oxygen atoms in total. The predicted molar refractivity (Wildman–Crippen MR) is 87.1 cm³/mol. The summed E-state index contributed by atoms with van der Waals surface area (Å²) >= 11 is 1.61. The number of aryl methyl sites for hydroxylation is 2. The lowest BCUT2D eigenvalue weighted by Gasteiger charge is -2.35. The molecule has 21 heavy (non-hydrogen) atoms. The molecule has 118 valence electrons. The number of thiophene rings is 1. The fraction of sp³-hybridized carbons (Fsp3) is 0.688. The van der Waals surface area contributed by atoms with E-state index in [9.17, 15) is 9.90 Å². The number of nitrogens with zero attached hydrogens (tertiary/aromatic N) is 2. The van der Waals surface area contributed by atoms with Crippen molar-refractivity contribution in [2.45, 2.75) is 39.7 Å². The number of carbonyl (C=O) groups is 1. The molecule has 1 N–H and O–H groups in total. The number of rotatable bonds is 5. The van der Waals surface area contributed by atoms with Gasteiger partial charge in [-0.3, -0.25) is 9.69 Å². The number of piperazine rings is 1. The highest BCUT2D eigenvalue weighted by Crippen LogP contribution is 2.23. The molecular formula is C16H26N2O2S. The molecule has 1 aliphatic heterocycles. The molecule has 1 fully saturated rings. The molecule has 1 saturated heterocycles. The van der Waals surface area contributed by atoms with Gasteiger partial charge in [-0.15, -0.1) is 11.3 Å². The van der Waals surface area contributed by atoms with Gasteiger partial charge < -0.3 is 10.0 Å². The molecule has 2 heterocycles. The van der Waals surface area contributed by atoms with Gasteiger partial charge in [0.05, 0.1) is 11.0 Å². The molecule has 1 amide bonds. The smallest absolute Gasteiger partial charge is 0.264 e. The lowest BCUT2D eigenvalue weighted by atomic mass is 10.2. The quantitative estimate of drug-likeness (QED) is 0.906. The highest BCUT2D eigenvalue weighted by Gasteiger charge is 2.24. The minimum absolute atomic E-state index is 0.165. The van der Waals surface area contributed by atoms with Crippen LogP contribution in [0.1, 0.15) is 40.4 Å². The molecule has 0 saturated carbocycles. The summed E-state index contributed by atoms with van der Waals surface area (Å²) in [6.07, 6.45) is 1.52. The Hall–Kier alpha value is -0.910. The number of aliphatic hydroxyl groups is 1. The third-order valence-corrected chi connectivity index (χ3v) is 5.29. The van der Waals surface area contributed by atoms with Crippen LogP contribution < -0.4 is 0 Å². The van der Waals surface area contributed by atoms with Crippen LogP contribution in [0.15, 0.2) is 6.07 Å². The van der Waals surface area contributed by atoms with Gasteiger partial charge in [-0.25, -0.2) is 0 Å². The van der Waals surface area contributed by atoms with E-state index in [0.717, 1.165) is 50.4 Å². The lowest BCUT2D eigenvalue weighted by Crippen LogP contribution is -2.50. The molecule has 1 atom stereocenters. The van der Waals surface area contributed by atoms with Gasteiger partial charge in [0.25, 0.3) is 5.91 Å². The fourth-order valence-corrected chi connectivity index (χ4v) is 3.77. The summed E-state index contributed by atoms with van der Waals surface area (Å²) in [4.78, 5) is 18.8. The van der Waals surface area contributed by atoms with Crippen molar-refractivity contribution in [3.63, 3.8) is 0 Å².